The Kier molecular flexibility index (Phi) is 3.63. The van der Waals surface area contributed by atoms with E-state index in [1.807, 2.05) is 6.92 Å². The van der Waals surface area contributed by atoms with Crippen LogP contribution in [0.4, 0.5) is 0 Å². The molecule has 0 radical (unpaired) electrons. The second-order valence-corrected chi connectivity index (χ2v) is 5.19. The molecule has 1 amide bonds. The molecule has 5 heteroatoms. The number of amides is 1. The summed E-state index contributed by atoms with van der Waals surface area (Å²) in [6.07, 6.45) is 5.75. The van der Waals surface area contributed by atoms with Crippen molar-refractivity contribution < 1.29 is 4.79 Å². The third-order valence-corrected chi connectivity index (χ3v) is 3.91. The van der Waals surface area contributed by atoms with Crippen LogP contribution in [-0.4, -0.2) is 17.1 Å². The lowest BCUT2D eigenvalue weighted by molar-refractivity contribution is -0.121. The molecule has 4 nitrogen and oxygen atoms in total. The summed E-state index contributed by atoms with van der Waals surface area (Å²) in [5.41, 5.74) is 5.30. The van der Waals surface area contributed by atoms with Crippen molar-refractivity contribution in [2.75, 3.05) is 0 Å². The number of hydrazine groups is 1. The third kappa shape index (κ3) is 2.64. The van der Waals surface area contributed by atoms with E-state index in [-0.39, 0.29) is 5.91 Å². The van der Waals surface area contributed by atoms with Crippen LogP contribution >= 0.6 is 12.2 Å². The van der Waals surface area contributed by atoms with Gasteiger partial charge in [-0.2, -0.15) is 0 Å². The van der Waals surface area contributed by atoms with Crippen LogP contribution in [0.2, 0.25) is 0 Å². The van der Waals surface area contributed by atoms with Gasteiger partial charge in [0.25, 0.3) is 0 Å². The van der Waals surface area contributed by atoms with Crippen LogP contribution in [0.1, 0.15) is 39.0 Å². The lowest BCUT2D eigenvalue weighted by Gasteiger charge is -2.24. The molecule has 2 aliphatic rings. The van der Waals surface area contributed by atoms with Gasteiger partial charge in [-0.1, -0.05) is 13.3 Å². The highest BCUT2D eigenvalue weighted by Gasteiger charge is 2.39. The molecule has 2 aliphatic carbocycles. The van der Waals surface area contributed by atoms with Crippen LogP contribution in [-0.2, 0) is 4.79 Å². The number of hydrogen-bond acceptors (Lipinski definition) is 2. The third-order valence-electron chi connectivity index (χ3n) is 3.69. The van der Waals surface area contributed by atoms with E-state index in [9.17, 15) is 4.79 Å². The van der Waals surface area contributed by atoms with Crippen molar-refractivity contribution in [2.45, 2.75) is 45.1 Å². The minimum Gasteiger partial charge on any atom is -0.358 e. The average molecular weight is 241 g/mol. The largest absolute Gasteiger partial charge is 0.358 e. The summed E-state index contributed by atoms with van der Waals surface area (Å²) in [6, 6.07) is 0.511. The highest BCUT2D eigenvalue weighted by Crippen LogP contribution is 2.44. The van der Waals surface area contributed by atoms with E-state index < -0.39 is 0 Å². The smallest absolute Gasteiger partial charge is 0.238 e. The minimum atomic E-state index is -0.0444. The summed E-state index contributed by atoms with van der Waals surface area (Å²) in [7, 11) is 0. The standard InChI is InChI=1S/C11H19N3OS/c1-2-10(15)13-14-11(16)12-9-6-7-3-4-8(9)5-7/h7-9H,2-6H2,1H3,(H,13,15)(H2,12,14,16)/t7-,8+,9-/m0/s1. The van der Waals surface area contributed by atoms with Gasteiger partial charge in [0.1, 0.15) is 0 Å². The van der Waals surface area contributed by atoms with Gasteiger partial charge >= 0.3 is 0 Å². The van der Waals surface area contributed by atoms with Gasteiger partial charge in [0.2, 0.25) is 5.91 Å². The Morgan fingerprint density at radius 1 is 1.31 bits per heavy atom. The number of rotatable bonds is 2. The van der Waals surface area contributed by atoms with Crippen molar-refractivity contribution in [3.8, 4) is 0 Å². The summed E-state index contributed by atoms with van der Waals surface area (Å²) >= 11 is 5.14. The Morgan fingerprint density at radius 3 is 2.69 bits per heavy atom. The second-order valence-electron chi connectivity index (χ2n) is 4.78. The highest BCUT2D eigenvalue weighted by atomic mass is 32.1. The molecule has 2 saturated carbocycles. The molecule has 0 saturated heterocycles. The highest BCUT2D eigenvalue weighted by molar-refractivity contribution is 7.80. The first-order valence-corrected chi connectivity index (χ1v) is 6.45. The molecule has 16 heavy (non-hydrogen) atoms. The van der Waals surface area contributed by atoms with E-state index in [1.165, 1.54) is 25.7 Å². The van der Waals surface area contributed by atoms with Crippen molar-refractivity contribution in [1.82, 2.24) is 16.2 Å². The molecule has 0 aliphatic heterocycles. The molecule has 0 heterocycles. The van der Waals surface area contributed by atoms with Crippen molar-refractivity contribution in [3.63, 3.8) is 0 Å². The molecule has 0 unspecified atom stereocenters. The Morgan fingerprint density at radius 2 is 2.12 bits per heavy atom. The van der Waals surface area contributed by atoms with E-state index in [1.54, 1.807) is 0 Å². The van der Waals surface area contributed by atoms with Crippen molar-refractivity contribution >= 4 is 23.2 Å². The van der Waals surface area contributed by atoms with Gasteiger partial charge in [-0.15, -0.1) is 0 Å². The fraction of sp³-hybridized carbons (Fsp3) is 0.818. The fourth-order valence-electron chi connectivity index (χ4n) is 2.84. The molecule has 2 fully saturated rings. The summed E-state index contributed by atoms with van der Waals surface area (Å²) in [5, 5.41) is 3.84. The van der Waals surface area contributed by atoms with E-state index >= 15 is 0 Å². The minimum absolute atomic E-state index is 0.0444. The lowest BCUT2D eigenvalue weighted by Crippen LogP contribution is -2.50. The van der Waals surface area contributed by atoms with Gasteiger partial charge in [0, 0.05) is 12.5 Å². The Labute approximate surface area is 102 Å². The topological polar surface area (TPSA) is 53.2 Å². The molecule has 3 N–H and O–H groups in total. The predicted octanol–water partition coefficient (Wildman–Crippen LogP) is 1.08. The summed E-state index contributed by atoms with van der Waals surface area (Å²) in [5.74, 6) is 1.64. The normalized spacial score (nSPS) is 31.2. The Bertz CT molecular complexity index is 295. The molecular formula is C11H19N3OS. The first kappa shape index (κ1) is 11.6. The van der Waals surface area contributed by atoms with Crippen molar-refractivity contribution in [1.29, 1.82) is 0 Å². The summed E-state index contributed by atoms with van der Waals surface area (Å²) in [4.78, 5) is 11.0. The lowest BCUT2D eigenvalue weighted by atomic mass is 9.96. The number of carbonyl (C=O) groups is 1. The monoisotopic (exact) mass is 241 g/mol. The molecule has 3 atom stereocenters. The van der Waals surface area contributed by atoms with Gasteiger partial charge in [0.15, 0.2) is 5.11 Å². The maximum Gasteiger partial charge on any atom is 0.238 e. The predicted molar refractivity (Wildman–Crippen MR) is 66.5 cm³/mol. The maximum atomic E-state index is 11.0. The van der Waals surface area contributed by atoms with Gasteiger partial charge in [-0.25, -0.2) is 0 Å². The molecule has 2 bridgehead atoms. The first-order valence-electron chi connectivity index (χ1n) is 6.04. The number of fused-ring (bicyclic) bond motifs is 2. The molecule has 2 rings (SSSR count). The van der Waals surface area contributed by atoms with Crippen LogP contribution in [0.5, 0.6) is 0 Å². The van der Waals surface area contributed by atoms with E-state index in [0.717, 1.165) is 11.8 Å². The van der Waals surface area contributed by atoms with Crippen LogP contribution in [0.3, 0.4) is 0 Å². The molecule has 0 spiro atoms. The Balaban J connectivity index is 1.69. The second kappa shape index (κ2) is 4.99. The average Bonchev–Trinajstić information content (AvgIpc) is 2.87. The quantitative estimate of drug-likeness (QED) is 0.500. The van der Waals surface area contributed by atoms with Crippen LogP contribution < -0.4 is 16.2 Å². The van der Waals surface area contributed by atoms with E-state index in [0.29, 0.717) is 17.6 Å². The number of carbonyl (C=O) groups excluding carboxylic acids is 1. The van der Waals surface area contributed by atoms with Crippen molar-refractivity contribution in [3.05, 3.63) is 0 Å². The number of hydrogen-bond donors (Lipinski definition) is 3. The molecular weight excluding hydrogens is 222 g/mol. The van der Waals surface area contributed by atoms with Crippen LogP contribution in [0, 0.1) is 11.8 Å². The van der Waals surface area contributed by atoms with Gasteiger partial charge in [-0.05, 0) is 43.3 Å². The zero-order valence-corrected chi connectivity index (χ0v) is 10.4. The SMILES string of the molecule is CCC(=O)NNC(=S)N[C@H]1C[C@H]2CC[C@@H]1C2. The van der Waals surface area contributed by atoms with Gasteiger partial charge in [0.05, 0.1) is 0 Å². The zero-order valence-electron chi connectivity index (χ0n) is 9.58. The Hall–Kier alpha value is -0.840. The van der Waals surface area contributed by atoms with Crippen LogP contribution in [0.15, 0.2) is 0 Å². The van der Waals surface area contributed by atoms with E-state index in [4.69, 9.17) is 12.2 Å². The summed E-state index contributed by atoms with van der Waals surface area (Å²) < 4.78 is 0. The van der Waals surface area contributed by atoms with Gasteiger partial charge in [-0.3, -0.25) is 15.6 Å². The summed E-state index contributed by atoms with van der Waals surface area (Å²) in [6.45, 7) is 1.81. The zero-order chi connectivity index (χ0) is 11.5. The maximum absolute atomic E-state index is 11.0. The van der Waals surface area contributed by atoms with E-state index in [2.05, 4.69) is 16.2 Å². The van der Waals surface area contributed by atoms with Crippen molar-refractivity contribution in [2.24, 2.45) is 11.8 Å². The van der Waals surface area contributed by atoms with Crippen LogP contribution in [0.25, 0.3) is 0 Å². The molecule has 0 aromatic rings. The molecule has 0 aromatic carbocycles. The number of nitrogens with one attached hydrogen (secondary N) is 3. The van der Waals surface area contributed by atoms with Gasteiger partial charge < -0.3 is 5.32 Å². The first-order chi connectivity index (χ1) is 7.69. The number of thiocarbonyl (C=S) groups is 1. The molecule has 0 aromatic heterocycles. The fourth-order valence-corrected chi connectivity index (χ4v) is 3.04. The molecule has 90 valence electrons.